The van der Waals surface area contributed by atoms with E-state index >= 15 is 0 Å². The number of quaternary nitrogens is 1. The number of carbonyl (C=O) groups excluding carboxylic acids is 1. The minimum absolute atomic E-state index is 0.234. The van der Waals surface area contributed by atoms with Crippen LogP contribution in [-0.4, -0.2) is 37.1 Å². The van der Waals surface area contributed by atoms with Gasteiger partial charge in [0, 0.05) is 5.92 Å². The van der Waals surface area contributed by atoms with Crippen LogP contribution in [0.4, 0.5) is 0 Å². The van der Waals surface area contributed by atoms with E-state index in [1.165, 1.54) is 45.2 Å². The molecule has 2 aliphatic heterocycles. The fourth-order valence-electron chi connectivity index (χ4n) is 3.42. The van der Waals surface area contributed by atoms with Crippen molar-refractivity contribution in [2.75, 3.05) is 19.7 Å². The SMILES string of the molecule is CC[C@@H](Cl)C(=O)OC[C@@H]1CCC[NH+]2CCCC[C@H]12. The average Bonchev–Trinajstić information content (AvgIpc) is 2.43. The molecule has 1 unspecified atom stereocenters. The maximum absolute atomic E-state index is 11.6. The number of rotatable bonds is 4. The fraction of sp³-hybridized carbons (Fsp3) is 0.929. The van der Waals surface area contributed by atoms with E-state index in [0.29, 0.717) is 18.9 Å². The Labute approximate surface area is 115 Å². The number of fused-ring (bicyclic) bond motifs is 1. The van der Waals surface area contributed by atoms with Crippen molar-refractivity contribution >= 4 is 17.6 Å². The molecule has 18 heavy (non-hydrogen) atoms. The third-order valence-electron chi connectivity index (χ3n) is 4.48. The summed E-state index contributed by atoms with van der Waals surface area (Å²) >= 11 is 5.89. The summed E-state index contributed by atoms with van der Waals surface area (Å²) in [4.78, 5) is 13.4. The van der Waals surface area contributed by atoms with Gasteiger partial charge in [0.1, 0.15) is 5.38 Å². The van der Waals surface area contributed by atoms with E-state index in [-0.39, 0.29) is 5.97 Å². The van der Waals surface area contributed by atoms with Crippen molar-refractivity contribution in [3.63, 3.8) is 0 Å². The molecule has 0 saturated carbocycles. The number of carbonyl (C=O) groups is 1. The number of hydrogen-bond donors (Lipinski definition) is 1. The van der Waals surface area contributed by atoms with Crippen LogP contribution >= 0.6 is 11.6 Å². The van der Waals surface area contributed by atoms with Gasteiger partial charge >= 0.3 is 5.97 Å². The molecule has 2 rings (SSSR count). The van der Waals surface area contributed by atoms with Gasteiger partial charge in [-0.1, -0.05) is 6.92 Å². The van der Waals surface area contributed by atoms with Crippen molar-refractivity contribution in [1.82, 2.24) is 0 Å². The van der Waals surface area contributed by atoms with Crippen molar-refractivity contribution in [3.05, 3.63) is 0 Å². The minimum atomic E-state index is -0.469. The van der Waals surface area contributed by atoms with Crippen LogP contribution in [0.3, 0.4) is 0 Å². The van der Waals surface area contributed by atoms with Crippen LogP contribution in [0, 0.1) is 5.92 Å². The predicted octanol–water partition coefficient (Wildman–Crippen LogP) is 1.39. The van der Waals surface area contributed by atoms with Gasteiger partial charge in [-0.3, -0.25) is 4.79 Å². The first-order chi connectivity index (χ1) is 8.72. The van der Waals surface area contributed by atoms with Gasteiger partial charge in [0.15, 0.2) is 0 Å². The summed E-state index contributed by atoms with van der Waals surface area (Å²) in [5, 5.41) is -0.469. The summed E-state index contributed by atoms with van der Waals surface area (Å²) in [7, 11) is 0. The smallest absolute Gasteiger partial charge is 0.324 e. The molecule has 2 heterocycles. The molecule has 2 aliphatic rings. The van der Waals surface area contributed by atoms with Crippen molar-refractivity contribution in [3.8, 4) is 0 Å². The highest BCUT2D eigenvalue weighted by molar-refractivity contribution is 6.29. The fourth-order valence-corrected chi connectivity index (χ4v) is 3.49. The lowest BCUT2D eigenvalue weighted by molar-refractivity contribution is -0.940. The predicted molar refractivity (Wildman–Crippen MR) is 72.0 cm³/mol. The first-order valence-corrected chi connectivity index (χ1v) is 7.81. The maximum atomic E-state index is 11.6. The molecule has 1 N–H and O–H groups in total. The Morgan fingerprint density at radius 3 is 2.89 bits per heavy atom. The second-order valence-corrected chi connectivity index (χ2v) is 6.20. The third kappa shape index (κ3) is 3.39. The number of piperidine rings is 2. The first-order valence-electron chi connectivity index (χ1n) is 7.37. The Morgan fingerprint density at radius 1 is 1.33 bits per heavy atom. The number of halogens is 1. The highest BCUT2D eigenvalue weighted by Gasteiger charge is 2.37. The number of esters is 1. The monoisotopic (exact) mass is 274 g/mol. The molecule has 0 spiro atoms. The molecule has 0 aromatic heterocycles. The van der Waals surface area contributed by atoms with Gasteiger partial charge in [0.2, 0.25) is 0 Å². The van der Waals surface area contributed by atoms with Crippen molar-refractivity contribution in [2.45, 2.75) is 56.9 Å². The van der Waals surface area contributed by atoms with E-state index < -0.39 is 5.38 Å². The van der Waals surface area contributed by atoms with Crippen LogP contribution in [0.5, 0.6) is 0 Å². The molecule has 104 valence electrons. The number of nitrogens with one attached hydrogen (secondary N) is 1. The molecule has 0 radical (unpaired) electrons. The van der Waals surface area contributed by atoms with Gasteiger partial charge in [-0.05, 0) is 38.5 Å². The van der Waals surface area contributed by atoms with Gasteiger partial charge in [-0.15, -0.1) is 11.6 Å². The highest BCUT2D eigenvalue weighted by Crippen LogP contribution is 2.21. The van der Waals surface area contributed by atoms with Crippen LogP contribution < -0.4 is 4.90 Å². The number of alkyl halides is 1. The molecular weight excluding hydrogens is 250 g/mol. The van der Waals surface area contributed by atoms with Crippen LogP contribution in [-0.2, 0) is 9.53 Å². The minimum Gasteiger partial charge on any atom is -0.464 e. The molecule has 2 saturated heterocycles. The molecule has 0 aromatic rings. The molecule has 0 aliphatic carbocycles. The Kier molecular flexibility index (Phi) is 5.31. The molecular formula is C14H25ClNO2+. The molecule has 0 bridgehead atoms. The lowest BCUT2D eigenvalue weighted by Crippen LogP contribution is -3.18. The average molecular weight is 275 g/mol. The van der Waals surface area contributed by atoms with Crippen LogP contribution in [0.2, 0.25) is 0 Å². The standard InChI is InChI=1S/C14H24ClNO2/c1-2-12(15)14(17)18-10-11-6-5-9-16-8-4-3-7-13(11)16/h11-13H,2-10H2,1H3/p+1/t11-,12+,13+/m0/s1. The van der Waals surface area contributed by atoms with Crippen LogP contribution in [0.1, 0.15) is 45.4 Å². The summed E-state index contributed by atoms with van der Waals surface area (Å²) in [5.41, 5.74) is 0. The van der Waals surface area contributed by atoms with Crippen molar-refractivity contribution in [2.24, 2.45) is 5.92 Å². The van der Waals surface area contributed by atoms with Gasteiger partial charge in [-0.25, -0.2) is 0 Å². The Bertz CT molecular complexity index is 283. The summed E-state index contributed by atoms with van der Waals surface area (Å²) < 4.78 is 5.40. The van der Waals surface area contributed by atoms with Crippen LogP contribution in [0.15, 0.2) is 0 Å². The molecule has 0 amide bonds. The van der Waals surface area contributed by atoms with Gasteiger partial charge in [0.25, 0.3) is 0 Å². The van der Waals surface area contributed by atoms with E-state index in [1.807, 2.05) is 6.92 Å². The van der Waals surface area contributed by atoms with Crippen molar-refractivity contribution in [1.29, 1.82) is 0 Å². The Hall–Kier alpha value is -0.280. The second-order valence-electron chi connectivity index (χ2n) is 5.67. The molecule has 2 fully saturated rings. The Balaban J connectivity index is 1.82. The van der Waals surface area contributed by atoms with E-state index in [4.69, 9.17) is 16.3 Å². The normalized spacial score (nSPS) is 33.6. The molecule has 4 heteroatoms. The van der Waals surface area contributed by atoms with Crippen molar-refractivity contribution < 1.29 is 14.4 Å². The zero-order valence-corrected chi connectivity index (χ0v) is 12.0. The third-order valence-corrected chi connectivity index (χ3v) is 4.97. The zero-order valence-electron chi connectivity index (χ0n) is 11.3. The van der Waals surface area contributed by atoms with E-state index in [2.05, 4.69) is 0 Å². The highest BCUT2D eigenvalue weighted by atomic mass is 35.5. The summed E-state index contributed by atoms with van der Waals surface area (Å²) in [5.74, 6) is 0.320. The molecule has 3 nitrogen and oxygen atoms in total. The topological polar surface area (TPSA) is 30.7 Å². The van der Waals surface area contributed by atoms with E-state index in [1.54, 1.807) is 4.90 Å². The quantitative estimate of drug-likeness (QED) is 0.621. The first kappa shape index (κ1) is 14.1. The molecule has 4 atom stereocenters. The number of ether oxygens (including phenoxy) is 1. The van der Waals surface area contributed by atoms with E-state index in [0.717, 1.165) is 6.04 Å². The summed E-state index contributed by atoms with van der Waals surface area (Å²) in [6.07, 6.45) is 7.12. The Morgan fingerprint density at radius 2 is 2.11 bits per heavy atom. The second kappa shape index (κ2) is 6.76. The summed E-state index contributed by atoms with van der Waals surface area (Å²) in [6.45, 7) is 5.10. The van der Waals surface area contributed by atoms with Gasteiger partial charge in [-0.2, -0.15) is 0 Å². The lowest BCUT2D eigenvalue weighted by Gasteiger charge is -2.41. The zero-order chi connectivity index (χ0) is 13.0. The van der Waals surface area contributed by atoms with Gasteiger partial charge in [0.05, 0.1) is 25.7 Å². The summed E-state index contributed by atoms with van der Waals surface area (Å²) in [6, 6.07) is 0.718. The van der Waals surface area contributed by atoms with Crippen LogP contribution in [0.25, 0.3) is 0 Å². The maximum Gasteiger partial charge on any atom is 0.324 e. The lowest BCUT2D eigenvalue weighted by atomic mass is 9.84. The molecule has 0 aromatic carbocycles. The van der Waals surface area contributed by atoms with E-state index in [9.17, 15) is 4.79 Å². The number of hydrogen-bond acceptors (Lipinski definition) is 2. The van der Waals surface area contributed by atoms with Gasteiger partial charge < -0.3 is 9.64 Å². The largest absolute Gasteiger partial charge is 0.464 e.